The van der Waals surface area contributed by atoms with E-state index < -0.39 is 0 Å². The molecule has 0 unspecified atom stereocenters. The van der Waals surface area contributed by atoms with E-state index in [9.17, 15) is 9.18 Å². The molecule has 0 atom stereocenters. The first-order valence-electron chi connectivity index (χ1n) is 6.21. The molecule has 2 rings (SSSR count). The predicted octanol–water partition coefficient (Wildman–Crippen LogP) is 3.53. The van der Waals surface area contributed by atoms with Gasteiger partial charge in [-0.3, -0.25) is 9.69 Å². The number of hydrogen-bond donors (Lipinski definition) is 0. The van der Waals surface area contributed by atoms with E-state index in [-0.39, 0.29) is 5.82 Å². The van der Waals surface area contributed by atoms with Gasteiger partial charge in [-0.05, 0) is 43.7 Å². The van der Waals surface area contributed by atoms with Gasteiger partial charge in [-0.25, -0.2) is 4.39 Å². The van der Waals surface area contributed by atoms with Gasteiger partial charge in [0, 0.05) is 29.9 Å². The summed E-state index contributed by atoms with van der Waals surface area (Å²) in [7, 11) is 2.04. The van der Waals surface area contributed by atoms with E-state index in [0.29, 0.717) is 24.7 Å². The van der Waals surface area contributed by atoms with Crippen LogP contribution in [0.3, 0.4) is 0 Å². The highest BCUT2D eigenvalue weighted by molar-refractivity contribution is 9.10. The lowest BCUT2D eigenvalue weighted by atomic mass is 9.93. The van der Waals surface area contributed by atoms with Crippen molar-refractivity contribution in [2.45, 2.75) is 38.3 Å². The van der Waals surface area contributed by atoms with Gasteiger partial charge in [0.1, 0.15) is 11.6 Å². The minimum Gasteiger partial charge on any atom is -0.300 e. The fraction of sp³-hybridized carbons (Fsp3) is 0.500. The Balaban J connectivity index is 1.98. The Labute approximate surface area is 115 Å². The van der Waals surface area contributed by atoms with E-state index >= 15 is 0 Å². The van der Waals surface area contributed by atoms with Gasteiger partial charge in [-0.2, -0.15) is 0 Å². The van der Waals surface area contributed by atoms with Crippen molar-refractivity contribution in [2.75, 3.05) is 7.05 Å². The van der Waals surface area contributed by atoms with Crippen molar-refractivity contribution in [3.05, 3.63) is 34.1 Å². The molecule has 2 nitrogen and oxygen atoms in total. The highest BCUT2D eigenvalue weighted by Crippen LogP contribution is 2.22. The number of Topliss-reactive ketones (excluding diaryl/α,β-unsaturated/α-hetero) is 1. The Kier molecular flexibility index (Phi) is 4.51. The van der Waals surface area contributed by atoms with Crippen molar-refractivity contribution in [3.63, 3.8) is 0 Å². The molecule has 98 valence electrons. The molecule has 18 heavy (non-hydrogen) atoms. The van der Waals surface area contributed by atoms with Crippen LogP contribution in [0.4, 0.5) is 4.39 Å². The summed E-state index contributed by atoms with van der Waals surface area (Å²) >= 11 is 3.30. The first kappa shape index (κ1) is 13.7. The van der Waals surface area contributed by atoms with Crippen LogP contribution in [0.1, 0.15) is 31.2 Å². The highest BCUT2D eigenvalue weighted by atomic mass is 79.9. The molecule has 0 amide bonds. The van der Waals surface area contributed by atoms with Crippen LogP contribution in [0.25, 0.3) is 0 Å². The van der Waals surface area contributed by atoms with Crippen LogP contribution in [0.5, 0.6) is 0 Å². The molecule has 1 saturated carbocycles. The number of nitrogens with zero attached hydrogens (tertiary/aromatic N) is 1. The monoisotopic (exact) mass is 313 g/mol. The van der Waals surface area contributed by atoms with Gasteiger partial charge >= 0.3 is 0 Å². The average molecular weight is 314 g/mol. The quantitative estimate of drug-likeness (QED) is 0.851. The van der Waals surface area contributed by atoms with Crippen LogP contribution >= 0.6 is 15.9 Å². The fourth-order valence-corrected chi connectivity index (χ4v) is 3.00. The topological polar surface area (TPSA) is 20.3 Å². The molecule has 1 fully saturated rings. The number of hydrogen-bond acceptors (Lipinski definition) is 2. The summed E-state index contributed by atoms with van der Waals surface area (Å²) in [6, 6.07) is 5.40. The molecule has 1 aromatic carbocycles. The smallest absolute Gasteiger partial charge is 0.133 e. The van der Waals surface area contributed by atoms with Crippen LogP contribution in [0.2, 0.25) is 0 Å². The van der Waals surface area contributed by atoms with Gasteiger partial charge < -0.3 is 0 Å². The number of carbonyl (C=O) groups excluding carboxylic acids is 1. The van der Waals surface area contributed by atoms with E-state index in [0.717, 1.165) is 29.4 Å². The molecule has 0 aliphatic heterocycles. The molecule has 1 aromatic rings. The lowest BCUT2D eigenvalue weighted by Crippen LogP contribution is -2.34. The third-order valence-corrected chi connectivity index (χ3v) is 3.95. The second kappa shape index (κ2) is 5.93. The molecule has 0 bridgehead atoms. The molecule has 0 N–H and O–H groups in total. The Morgan fingerprint density at radius 2 is 2.00 bits per heavy atom. The van der Waals surface area contributed by atoms with Crippen molar-refractivity contribution in [1.82, 2.24) is 4.90 Å². The van der Waals surface area contributed by atoms with Crippen LogP contribution in [-0.4, -0.2) is 23.8 Å². The SMILES string of the molecule is CN(Cc1cc(F)cc(Br)c1)C1CCC(=O)CC1. The zero-order valence-electron chi connectivity index (χ0n) is 10.5. The minimum absolute atomic E-state index is 0.216. The third-order valence-electron chi connectivity index (χ3n) is 3.49. The molecule has 1 aliphatic carbocycles. The number of carbonyl (C=O) groups is 1. The normalized spacial score (nSPS) is 17.4. The number of halogens is 2. The van der Waals surface area contributed by atoms with E-state index in [2.05, 4.69) is 20.8 Å². The summed E-state index contributed by atoms with van der Waals surface area (Å²) in [6.07, 6.45) is 3.21. The Bertz CT molecular complexity index is 419. The fourth-order valence-electron chi connectivity index (χ4n) is 2.48. The van der Waals surface area contributed by atoms with Gasteiger partial charge in [0.2, 0.25) is 0 Å². The minimum atomic E-state index is -0.216. The Morgan fingerprint density at radius 1 is 1.33 bits per heavy atom. The van der Waals surface area contributed by atoms with Gasteiger partial charge in [0.15, 0.2) is 0 Å². The number of rotatable bonds is 3. The van der Waals surface area contributed by atoms with Gasteiger partial charge in [-0.1, -0.05) is 15.9 Å². The predicted molar refractivity (Wildman–Crippen MR) is 72.8 cm³/mol. The zero-order chi connectivity index (χ0) is 13.1. The first-order chi connectivity index (χ1) is 8.54. The largest absolute Gasteiger partial charge is 0.300 e. The van der Waals surface area contributed by atoms with E-state index in [4.69, 9.17) is 0 Å². The van der Waals surface area contributed by atoms with Crippen molar-refractivity contribution >= 4 is 21.7 Å². The molecule has 1 aliphatic rings. The van der Waals surface area contributed by atoms with Crippen molar-refractivity contribution in [3.8, 4) is 0 Å². The molecule has 4 heteroatoms. The van der Waals surface area contributed by atoms with Gasteiger partial charge in [-0.15, -0.1) is 0 Å². The Hall–Kier alpha value is -0.740. The second-order valence-corrected chi connectivity index (χ2v) is 5.88. The standard InChI is InChI=1S/C14H17BrFNO/c1-17(13-2-4-14(18)5-3-13)9-10-6-11(15)8-12(16)7-10/h6-8,13H,2-5,9H2,1H3. The number of ketones is 1. The van der Waals surface area contributed by atoms with Crippen molar-refractivity contribution in [2.24, 2.45) is 0 Å². The summed E-state index contributed by atoms with van der Waals surface area (Å²) in [5.41, 5.74) is 0.960. The molecule has 0 aromatic heterocycles. The van der Waals surface area contributed by atoms with Crippen molar-refractivity contribution in [1.29, 1.82) is 0 Å². The summed E-state index contributed by atoms with van der Waals surface area (Å²) in [5.74, 6) is 0.153. The number of benzene rings is 1. The van der Waals surface area contributed by atoms with Crippen LogP contribution in [0.15, 0.2) is 22.7 Å². The molecule has 0 saturated heterocycles. The maximum Gasteiger partial charge on any atom is 0.133 e. The average Bonchev–Trinajstić information content (AvgIpc) is 2.28. The van der Waals surface area contributed by atoms with Crippen LogP contribution in [-0.2, 0) is 11.3 Å². The van der Waals surface area contributed by atoms with Gasteiger partial charge in [0.05, 0.1) is 0 Å². The van der Waals surface area contributed by atoms with Crippen molar-refractivity contribution < 1.29 is 9.18 Å². The van der Waals surface area contributed by atoms with E-state index in [1.807, 2.05) is 13.1 Å². The van der Waals surface area contributed by atoms with E-state index in [1.54, 1.807) is 6.07 Å². The first-order valence-corrected chi connectivity index (χ1v) is 7.01. The molecular formula is C14H17BrFNO. The third kappa shape index (κ3) is 3.62. The lowest BCUT2D eigenvalue weighted by Gasteiger charge is -2.30. The molecule has 0 radical (unpaired) electrons. The van der Waals surface area contributed by atoms with E-state index in [1.165, 1.54) is 6.07 Å². The van der Waals surface area contributed by atoms with Crippen LogP contribution < -0.4 is 0 Å². The molecule has 0 spiro atoms. The summed E-state index contributed by atoms with van der Waals surface area (Å²) in [4.78, 5) is 13.4. The zero-order valence-corrected chi connectivity index (χ0v) is 12.0. The maximum absolute atomic E-state index is 13.3. The Morgan fingerprint density at radius 3 is 2.61 bits per heavy atom. The molecular weight excluding hydrogens is 297 g/mol. The van der Waals surface area contributed by atoms with Gasteiger partial charge in [0.25, 0.3) is 0 Å². The molecule has 0 heterocycles. The summed E-state index contributed by atoms with van der Waals surface area (Å²) in [5, 5.41) is 0. The second-order valence-electron chi connectivity index (χ2n) is 4.96. The highest BCUT2D eigenvalue weighted by Gasteiger charge is 2.22. The van der Waals surface area contributed by atoms with Crippen LogP contribution in [0, 0.1) is 5.82 Å². The summed E-state index contributed by atoms with van der Waals surface area (Å²) < 4.78 is 14.0. The lowest BCUT2D eigenvalue weighted by molar-refractivity contribution is -0.121. The maximum atomic E-state index is 13.3. The summed E-state index contributed by atoms with van der Waals surface area (Å²) in [6.45, 7) is 0.717.